The van der Waals surface area contributed by atoms with Crippen LogP contribution in [0.4, 0.5) is 4.39 Å². The molecule has 1 aliphatic heterocycles. The highest BCUT2D eigenvalue weighted by Gasteiger charge is 2.31. The summed E-state index contributed by atoms with van der Waals surface area (Å²) in [6, 6.07) is 6.99. The molecular weight excluding hydrogens is 379 g/mol. The van der Waals surface area contributed by atoms with Crippen LogP contribution in [0.1, 0.15) is 0 Å². The monoisotopic (exact) mass is 396 g/mol. The molecule has 0 saturated carbocycles. The summed E-state index contributed by atoms with van der Waals surface area (Å²) in [4.78, 5) is 21.6. The third-order valence-corrected chi connectivity index (χ3v) is 6.70. The highest BCUT2D eigenvalue weighted by atomic mass is 32.2. The SMILES string of the molecule is O=C(CSc1ncccn1)N1CCN(S(=O)(=O)c2ccccc2F)CC1. The molecule has 10 heteroatoms. The van der Waals surface area contributed by atoms with Gasteiger partial charge in [-0.3, -0.25) is 4.79 Å². The van der Waals surface area contributed by atoms with Crippen LogP contribution in [0.2, 0.25) is 0 Å². The lowest BCUT2D eigenvalue weighted by molar-refractivity contribution is -0.129. The summed E-state index contributed by atoms with van der Waals surface area (Å²) >= 11 is 1.23. The van der Waals surface area contributed by atoms with Crippen molar-refractivity contribution in [2.24, 2.45) is 0 Å². The van der Waals surface area contributed by atoms with E-state index in [1.807, 2.05) is 0 Å². The summed E-state index contributed by atoms with van der Waals surface area (Å²) in [7, 11) is -3.90. The lowest BCUT2D eigenvalue weighted by atomic mass is 10.3. The number of amides is 1. The van der Waals surface area contributed by atoms with E-state index in [0.717, 1.165) is 6.07 Å². The lowest BCUT2D eigenvalue weighted by Gasteiger charge is -2.34. The van der Waals surface area contributed by atoms with Crippen LogP contribution in [0.25, 0.3) is 0 Å². The molecule has 26 heavy (non-hydrogen) atoms. The largest absolute Gasteiger partial charge is 0.339 e. The highest BCUT2D eigenvalue weighted by Crippen LogP contribution is 2.21. The Morgan fingerprint density at radius 1 is 1.08 bits per heavy atom. The number of carbonyl (C=O) groups excluding carboxylic acids is 1. The van der Waals surface area contributed by atoms with Gasteiger partial charge in [0.25, 0.3) is 0 Å². The van der Waals surface area contributed by atoms with E-state index < -0.39 is 15.8 Å². The van der Waals surface area contributed by atoms with Crippen molar-refractivity contribution in [3.05, 3.63) is 48.5 Å². The average Bonchev–Trinajstić information content (AvgIpc) is 2.67. The van der Waals surface area contributed by atoms with E-state index in [1.165, 1.54) is 34.3 Å². The maximum Gasteiger partial charge on any atom is 0.246 e. The third kappa shape index (κ3) is 4.19. The van der Waals surface area contributed by atoms with Crippen molar-refractivity contribution in [2.45, 2.75) is 10.1 Å². The van der Waals surface area contributed by atoms with E-state index in [0.29, 0.717) is 5.16 Å². The summed E-state index contributed by atoms with van der Waals surface area (Å²) in [5.74, 6) is -0.694. The zero-order valence-corrected chi connectivity index (χ0v) is 15.4. The Hall–Kier alpha value is -2.04. The lowest BCUT2D eigenvalue weighted by Crippen LogP contribution is -2.51. The van der Waals surface area contributed by atoms with E-state index in [2.05, 4.69) is 9.97 Å². The van der Waals surface area contributed by atoms with Crippen LogP contribution in [0, 0.1) is 5.82 Å². The van der Waals surface area contributed by atoms with Crippen molar-refractivity contribution in [1.29, 1.82) is 0 Å². The molecule has 0 aliphatic carbocycles. The van der Waals surface area contributed by atoms with Crippen molar-refractivity contribution in [2.75, 3.05) is 31.9 Å². The number of hydrogen-bond donors (Lipinski definition) is 0. The van der Waals surface area contributed by atoms with E-state index in [4.69, 9.17) is 0 Å². The number of hydrogen-bond acceptors (Lipinski definition) is 6. The number of rotatable bonds is 5. The number of halogens is 1. The maximum atomic E-state index is 13.8. The smallest absolute Gasteiger partial charge is 0.246 e. The Morgan fingerprint density at radius 2 is 1.73 bits per heavy atom. The normalized spacial score (nSPS) is 15.8. The van der Waals surface area contributed by atoms with Gasteiger partial charge < -0.3 is 4.90 Å². The number of carbonyl (C=O) groups is 1. The van der Waals surface area contributed by atoms with Crippen LogP contribution >= 0.6 is 11.8 Å². The minimum absolute atomic E-state index is 0.106. The minimum atomic E-state index is -3.90. The molecule has 0 spiro atoms. The fraction of sp³-hybridized carbons (Fsp3) is 0.312. The van der Waals surface area contributed by atoms with Crippen molar-refractivity contribution < 1.29 is 17.6 Å². The third-order valence-electron chi connectivity index (χ3n) is 3.91. The first-order chi connectivity index (χ1) is 12.5. The molecule has 0 unspecified atom stereocenters. The number of thioether (sulfide) groups is 1. The van der Waals surface area contributed by atoms with Gasteiger partial charge in [-0.25, -0.2) is 22.8 Å². The van der Waals surface area contributed by atoms with Gasteiger partial charge in [-0.05, 0) is 18.2 Å². The van der Waals surface area contributed by atoms with Gasteiger partial charge in [-0.2, -0.15) is 4.31 Å². The van der Waals surface area contributed by atoms with Gasteiger partial charge in [0.2, 0.25) is 15.9 Å². The number of benzene rings is 1. The molecule has 2 aromatic rings. The summed E-state index contributed by atoms with van der Waals surface area (Å²) < 4.78 is 40.1. The van der Waals surface area contributed by atoms with Crippen LogP contribution in [0.15, 0.2) is 52.8 Å². The summed E-state index contributed by atoms with van der Waals surface area (Å²) in [6.07, 6.45) is 3.21. The molecule has 1 fully saturated rings. The maximum absolute atomic E-state index is 13.8. The molecule has 1 amide bonds. The molecular formula is C16H17FN4O3S2. The quantitative estimate of drug-likeness (QED) is 0.559. The molecule has 2 heterocycles. The van der Waals surface area contributed by atoms with Gasteiger partial charge in [0.05, 0.1) is 5.75 Å². The standard InChI is InChI=1S/C16H17FN4O3S2/c17-13-4-1-2-5-14(13)26(23,24)21-10-8-20(9-11-21)15(22)12-25-16-18-6-3-7-19-16/h1-7H,8-12H2. The van der Waals surface area contributed by atoms with Crippen LogP contribution in [0.5, 0.6) is 0 Å². The van der Waals surface area contributed by atoms with E-state index in [1.54, 1.807) is 23.4 Å². The van der Waals surface area contributed by atoms with Crippen molar-refractivity contribution in [1.82, 2.24) is 19.2 Å². The molecule has 0 N–H and O–H groups in total. The first-order valence-electron chi connectivity index (χ1n) is 7.91. The topological polar surface area (TPSA) is 83.5 Å². The van der Waals surface area contributed by atoms with Gasteiger partial charge >= 0.3 is 0 Å². The predicted molar refractivity (Wildman–Crippen MR) is 94.5 cm³/mol. The molecule has 1 saturated heterocycles. The first-order valence-corrected chi connectivity index (χ1v) is 10.3. The van der Waals surface area contributed by atoms with E-state index >= 15 is 0 Å². The van der Waals surface area contributed by atoms with Gasteiger partial charge in [-0.1, -0.05) is 23.9 Å². The van der Waals surface area contributed by atoms with E-state index in [9.17, 15) is 17.6 Å². The number of sulfonamides is 1. The number of piperazine rings is 1. The van der Waals surface area contributed by atoms with Crippen LogP contribution in [0.3, 0.4) is 0 Å². The molecule has 1 aromatic carbocycles. The molecule has 0 radical (unpaired) electrons. The minimum Gasteiger partial charge on any atom is -0.339 e. The zero-order valence-electron chi connectivity index (χ0n) is 13.8. The van der Waals surface area contributed by atoms with Gasteiger partial charge in [0.1, 0.15) is 10.7 Å². The van der Waals surface area contributed by atoms with Gasteiger partial charge in [-0.15, -0.1) is 0 Å². The summed E-state index contributed by atoms with van der Waals surface area (Å²) in [5, 5.41) is 0.515. The highest BCUT2D eigenvalue weighted by molar-refractivity contribution is 7.99. The average molecular weight is 396 g/mol. The molecule has 1 aromatic heterocycles. The van der Waals surface area contributed by atoms with Crippen molar-refractivity contribution in [3.63, 3.8) is 0 Å². The molecule has 0 bridgehead atoms. The molecule has 1 aliphatic rings. The Bertz CT molecular complexity index is 872. The van der Waals surface area contributed by atoms with Crippen LogP contribution in [-0.2, 0) is 14.8 Å². The van der Waals surface area contributed by atoms with Crippen molar-refractivity contribution in [3.8, 4) is 0 Å². The van der Waals surface area contributed by atoms with Crippen LogP contribution in [-0.4, -0.2) is 65.4 Å². The van der Waals surface area contributed by atoms with Gasteiger partial charge in [0.15, 0.2) is 5.16 Å². The Balaban J connectivity index is 1.57. The molecule has 7 nitrogen and oxygen atoms in total. The van der Waals surface area contributed by atoms with Gasteiger partial charge in [0, 0.05) is 38.6 Å². The zero-order chi connectivity index (χ0) is 18.6. The van der Waals surface area contributed by atoms with Crippen LogP contribution < -0.4 is 0 Å². The molecule has 0 atom stereocenters. The summed E-state index contributed by atoms with van der Waals surface area (Å²) in [5.41, 5.74) is 0. The second-order valence-electron chi connectivity index (χ2n) is 5.54. The van der Waals surface area contributed by atoms with E-state index in [-0.39, 0.29) is 42.7 Å². The fourth-order valence-corrected chi connectivity index (χ4v) is 4.74. The van der Waals surface area contributed by atoms with Crippen molar-refractivity contribution >= 4 is 27.7 Å². The Morgan fingerprint density at radius 3 is 2.38 bits per heavy atom. The number of aromatic nitrogens is 2. The second-order valence-corrected chi connectivity index (χ2v) is 8.38. The summed E-state index contributed by atoms with van der Waals surface area (Å²) in [6.45, 7) is 0.801. The predicted octanol–water partition coefficient (Wildman–Crippen LogP) is 1.24. The first kappa shape index (κ1) is 18.7. The Labute approximate surface area is 155 Å². The number of nitrogens with zero attached hydrogens (tertiary/aromatic N) is 4. The molecule has 138 valence electrons. The second kappa shape index (κ2) is 8.11. The molecule has 3 rings (SSSR count). The fourth-order valence-electron chi connectivity index (χ4n) is 2.55. The Kier molecular flexibility index (Phi) is 5.84.